The highest BCUT2D eigenvalue weighted by Gasteiger charge is 2.12. The molecule has 1 atom stereocenters. The van der Waals surface area contributed by atoms with Gasteiger partial charge in [-0.3, -0.25) is 0 Å². The zero-order valence-corrected chi connectivity index (χ0v) is 11.4. The highest BCUT2D eigenvalue weighted by atomic mass is 16.3. The molecule has 0 aliphatic carbocycles. The Balaban J connectivity index is 2.09. The summed E-state index contributed by atoms with van der Waals surface area (Å²) in [5.74, 6) is 1.60. The quantitative estimate of drug-likeness (QED) is 0.881. The van der Waals surface area contributed by atoms with Gasteiger partial charge in [-0.15, -0.1) is 0 Å². The Labute approximate surface area is 108 Å². The van der Waals surface area contributed by atoms with Gasteiger partial charge in [-0.05, 0) is 30.9 Å². The molecule has 3 heteroatoms. The molecule has 0 bridgehead atoms. The number of nitrogens with zero attached hydrogens (tertiary/aromatic N) is 2. The van der Waals surface area contributed by atoms with E-state index in [0.29, 0.717) is 12.3 Å². The summed E-state index contributed by atoms with van der Waals surface area (Å²) in [5, 5.41) is 10.0. The maximum Gasteiger partial charge on any atom is 0.112 e. The second-order valence-corrected chi connectivity index (χ2v) is 5.40. The number of fused-ring (bicyclic) bond motifs is 1. The Morgan fingerprint density at radius 3 is 2.61 bits per heavy atom. The first-order valence-electron chi connectivity index (χ1n) is 6.66. The van der Waals surface area contributed by atoms with Crippen LogP contribution in [0, 0.1) is 5.92 Å². The maximum atomic E-state index is 10.0. The molecule has 0 saturated heterocycles. The normalized spacial score (nSPS) is 13.4. The topological polar surface area (TPSA) is 38.1 Å². The van der Waals surface area contributed by atoms with Gasteiger partial charge in [0.2, 0.25) is 0 Å². The summed E-state index contributed by atoms with van der Waals surface area (Å²) in [7, 11) is 2.01. The molecule has 1 heterocycles. The molecule has 0 aliphatic rings. The van der Waals surface area contributed by atoms with Crippen LogP contribution in [0.5, 0.6) is 0 Å². The van der Waals surface area contributed by atoms with E-state index in [1.54, 1.807) is 0 Å². The van der Waals surface area contributed by atoms with Crippen molar-refractivity contribution in [3.05, 3.63) is 30.1 Å². The SMILES string of the molecule is CC(C)CCC(O)Cc1nc2ccccc2n1C. The van der Waals surface area contributed by atoms with Crippen molar-refractivity contribution in [2.24, 2.45) is 13.0 Å². The molecule has 18 heavy (non-hydrogen) atoms. The number of aryl methyl sites for hydroxylation is 1. The first-order valence-corrected chi connectivity index (χ1v) is 6.66. The number of aromatic nitrogens is 2. The molecular weight excluding hydrogens is 224 g/mol. The van der Waals surface area contributed by atoms with Crippen LogP contribution >= 0.6 is 0 Å². The molecule has 0 aliphatic heterocycles. The van der Waals surface area contributed by atoms with Gasteiger partial charge in [0.05, 0.1) is 17.1 Å². The number of imidazole rings is 1. The van der Waals surface area contributed by atoms with Crippen molar-refractivity contribution < 1.29 is 5.11 Å². The predicted molar refractivity (Wildman–Crippen MR) is 74.5 cm³/mol. The van der Waals surface area contributed by atoms with Crippen molar-refractivity contribution in [1.29, 1.82) is 0 Å². The van der Waals surface area contributed by atoms with Crippen molar-refractivity contribution >= 4 is 11.0 Å². The summed E-state index contributed by atoms with van der Waals surface area (Å²) in [6.07, 6.45) is 2.26. The van der Waals surface area contributed by atoms with Crippen LogP contribution in [0.2, 0.25) is 0 Å². The molecule has 0 saturated carbocycles. The average Bonchev–Trinajstić information content (AvgIpc) is 2.65. The van der Waals surface area contributed by atoms with Gasteiger partial charge in [-0.2, -0.15) is 0 Å². The summed E-state index contributed by atoms with van der Waals surface area (Å²) in [5.41, 5.74) is 2.13. The minimum absolute atomic E-state index is 0.289. The summed E-state index contributed by atoms with van der Waals surface area (Å²) < 4.78 is 2.08. The largest absolute Gasteiger partial charge is 0.393 e. The fourth-order valence-electron chi connectivity index (χ4n) is 2.22. The Hall–Kier alpha value is -1.35. The van der Waals surface area contributed by atoms with Crippen LogP contribution in [0.4, 0.5) is 0 Å². The molecule has 0 radical (unpaired) electrons. The standard InChI is InChI=1S/C15H22N2O/c1-11(2)8-9-12(18)10-15-16-13-6-4-5-7-14(13)17(15)3/h4-7,11-12,18H,8-10H2,1-3H3. The van der Waals surface area contributed by atoms with E-state index >= 15 is 0 Å². The molecule has 0 amide bonds. The second-order valence-electron chi connectivity index (χ2n) is 5.40. The van der Waals surface area contributed by atoms with Crippen LogP contribution in [0.25, 0.3) is 11.0 Å². The molecule has 3 nitrogen and oxygen atoms in total. The van der Waals surface area contributed by atoms with Gasteiger partial charge in [0.15, 0.2) is 0 Å². The Kier molecular flexibility index (Phi) is 4.02. The number of aliphatic hydroxyl groups excluding tert-OH is 1. The Morgan fingerprint density at radius 2 is 1.94 bits per heavy atom. The zero-order chi connectivity index (χ0) is 13.1. The number of para-hydroxylation sites is 2. The molecule has 1 aromatic heterocycles. The van der Waals surface area contributed by atoms with Gasteiger partial charge in [0.25, 0.3) is 0 Å². The summed E-state index contributed by atoms with van der Waals surface area (Å²) in [4.78, 5) is 4.58. The van der Waals surface area contributed by atoms with E-state index < -0.39 is 0 Å². The number of benzene rings is 1. The van der Waals surface area contributed by atoms with Crippen LogP contribution < -0.4 is 0 Å². The lowest BCUT2D eigenvalue weighted by Crippen LogP contribution is -2.14. The Bertz CT molecular complexity index is 516. The summed E-state index contributed by atoms with van der Waals surface area (Å²) in [6, 6.07) is 8.09. The van der Waals surface area contributed by atoms with E-state index in [1.807, 2.05) is 25.2 Å². The average molecular weight is 246 g/mol. The monoisotopic (exact) mass is 246 g/mol. The Morgan fingerprint density at radius 1 is 1.22 bits per heavy atom. The molecule has 98 valence electrons. The van der Waals surface area contributed by atoms with E-state index in [0.717, 1.165) is 29.7 Å². The van der Waals surface area contributed by atoms with Gasteiger partial charge in [-0.25, -0.2) is 4.98 Å². The van der Waals surface area contributed by atoms with Crippen molar-refractivity contribution in [3.63, 3.8) is 0 Å². The fraction of sp³-hybridized carbons (Fsp3) is 0.533. The van der Waals surface area contributed by atoms with Crippen LogP contribution in [0.1, 0.15) is 32.5 Å². The number of hydrogen-bond donors (Lipinski definition) is 1. The van der Waals surface area contributed by atoms with Gasteiger partial charge in [0.1, 0.15) is 5.82 Å². The molecular formula is C15H22N2O. The van der Waals surface area contributed by atoms with E-state index in [2.05, 4.69) is 29.5 Å². The van der Waals surface area contributed by atoms with E-state index in [9.17, 15) is 5.11 Å². The van der Waals surface area contributed by atoms with Gasteiger partial charge >= 0.3 is 0 Å². The van der Waals surface area contributed by atoms with Gasteiger partial charge in [0, 0.05) is 13.5 Å². The first kappa shape index (κ1) is 13.1. The first-order chi connectivity index (χ1) is 8.58. The van der Waals surface area contributed by atoms with Crippen LogP contribution in [-0.2, 0) is 13.5 Å². The molecule has 1 N–H and O–H groups in total. The van der Waals surface area contributed by atoms with E-state index in [1.165, 1.54) is 0 Å². The second kappa shape index (κ2) is 5.53. The summed E-state index contributed by atoms with van der Waals surface area (Å²) >= 11 is 0. The zero-order valence-electron chi connectivity index (χ0n) is 11.4. The van der Waals surface area contributed by atoms with Crippen molar-refractivity contribution in [1.82, 2.24) is 9.55 Å². The van der Waals surface area contributed by atoms with E-state index in [4.69, 9.17) is 0 Å². The minimum Gasteiger partial charge on any atom is -0.393 e. The number of rotatable bonds is 5. The lowest BCUT2D eigenvalue weighted by molar-refractivity contribution is 0.154. The third-order valence-corrected chi connectivity index (χ3v) is 3.38. The van der Waals surface area contributed by atoms with Crippen LogP contribution in [-0.4, -0.2) is 20.8 Å². The smallest absolute Gasteiger partial charge is 0.112 e. The molecule has 0 spiro atoms. The number of aliphatic hydroxyl groups is 1. The van der Waals surface area contributed by atoms with Crippen molar-refractivity contribution in [3.8, 4) is 0 Å². The molecule has 1 aromatic carbocycles. The van der Waals surface area contributed by atoms with Gasteiger partial charge in [-0.1, -0.05) is 26.0 Å². The van der Waals surface area contributed by atoms with E-state index in [-0.39, 0.29) is 6.10 Å². The molecule has 1 unspecified atom stereocenters. The third kappa shape index (κ3) is 2.91. The van der Waals surface area contributed by atoms with Crippen molar-refractivity contribution in [2.45, 2.75) is 39.2 Å². The van der Waals surface area contributed by atoms with Crippen LogP contribution in [0.15, 0.2) is 24.3 Å². The maximum absolute atomic E-state index is 10.0. The lowest BCUT2D eigenvalue weighted by Gasteiger charge is -2.11. The highest BCUT2D eigenvalue weighted by molar-refractivity contribution is 5.75. The summed E-state index contributed by atoms with van der Waals surface area (Å²) in [6.45, 7) is 4.36. The van der Waals surface area contributed by atoms with Crippen LogP contribution in [0.3, 0.4) is 0 Å². The molecule has 2 rings (SSSR count). The highest BCUT2D eigenvalue weighted by Crippen LogP contribution is 2.17. The third-order valence-electron chi connectivity index (χ3n) is 3.38. The molecule has 0 fully saturated rings. The molecule has 2 aromatic rings. The fourth-order valence-corrected chi connectivity index (χ4v) is 2.22. The minimum atomic E-state index is -0.289. The lowest BCUT2D eigenvalue weighted by atomic mass is 10.0. The van der Waals surface area contributed by atoms with Gasteiger partial charge < -0.3 is 9.67 Å². The predicted octanol–water partition coefficient (Wildman–Crippen LogP) is 2.91. The number of hydrogen-bond acceptors (Lipinski definition) is 2. The van der Waals surface area contributed by atoms with Crippen molar-refractivity contribution in [2.75, 3.05) is 0 Å².